The van der Waals surface area contributed by atoms with Crippen molar-refractivity contribution >= 4 is 153 Å². The maximum absolute atomic E-state index is 2.48. The minimum Gasteiger partial charge on any atom is -0.309 e. The first kappa shape index (κ1) is 76.5. The van der Waals surface area contributed by atoms with E-state index in [1.165, 1.54) is 220 Å². The van der Waals surface area contributed by atoms with Crippen LogP contribution in [-0.2, 0) is 0 Å². The molecule has 0 fully saturated rings. The molecule has 0 radical (unpaired) electrons. The van der Waals surface area contributed by atoms with Gasteiger partial charge in [0, 0.05) is 115 Å². The van der Waals surface area contributed by atoms with Gasteiger partial charge in [0.2, 0.25) is 0 Å². The zero-order valence-electron chi connectivity index (χ0n) is 72.6. The van der Waals surface area contributed by atoms with Crippen molar-refractivity contribution in [2.45, 2.75) is 0 Å². The van der Waals surface area contributed by atoms with Crippen molar-refractivity contribution < 1.29 is 0 Å². The molecule has 0 bridgehead atoms. The summed E-state index contributed by atoms with van der Waals surface area (Å²) in [6.07, 6.45) is 0. The Balaban J connectivity index is 0.000000109. The van der Waals surface area contributed by atoms with Gasteiger partial charge in [-0.05, 0) is 214 Å². The van der Waals surface area contributed by atoms with Crippen LogP contribution in [-0.4, -0.2) is 32.0 Å². The van der Waals surface area contributed by atoms with Crippen molar-refractivity contribution in [1.29, 1.82) is 0 Å². The summed E-state index contributed by atoms with van der Waals surface area (Å²) in [6.45, 7) is 0. The molecule has 0 saturated heterocycles. The lowest BCUT2D eigenvalue weighted by atomic mass is 9.98. The predicted molar refractivity (Wildman–Crippen MR) is 561 cm³/mol. The number of hydrogen-bond acceptors (Lipinski definition) is 0. The number of hydrogen-bond donors (Lipinski definition) is 0. The molecule has 0 aliphatic heterocycles. The van der Waals surface area contributed by atoms with Crippen LogP contribution in [0.4, 0.5) is 0 Å². The zero-order valence-corrected chi connectivity index (χ0v) is 72.6. The summed E-state index contributed by atoms with van der Waals surface area (Å²) in [5, 5.41) is 17.6. The van der Waals surface area contributed by atoms with Crippen LogP contribution in [0.3, 0.4) is 0 Å². The van der Waals surface area contributed by atoms with Crippen molar-refractivity contribution in [2.24, 2.45) is 0 Å². The van der Waals surface area contributed by atoms with Crippen LogP contribution in [0.5, 0.6) is 0 Å². The number of nitrogens with zero attached hydrogens (tertiary/aromatic N) is 7. The fourth-order valence-corrected chi connectivity index (χ4v) is 21.4. The first-order chi connectivity index (χ1) is 66.0. The monoisotopic (exact) mass is 1690 g/mol. The van der Waals surface area contributed by atoms with Gasteiger partial charge in [0.25, 0.3) is 0 Å². The standard InChI is InChI=1S/C54H35N3.C42H28N2.C30H20N2/c1-3-14-36(15-4-1)37-26-30-40(31-27-37)56-49-24-12-9-20-46(49)53-51(56)35-34-44-43-18-7-10-22-47(43)57(54(44)53)41-32-28-38(29-33-41)42-21-13-25-50-52(42)45-19-8-11-23-48(45)55(50)39-16-5-2-6-17-39;1-4-14-29(15-5-1)31-24-32(30-16-6-2-7-17-30)26-34(25-31)44-40-23-13-11-21-36(40)38-27-41-37(28-42(38)44)35-20-10-12-22-39(35)43(41)33-18-8-3-9-19-33;1-3-11-21(12-4-1)31-27-17-9-7-15-23(27)25-20-30-26(19-29(25)31)24-16-8-10-18-28(24)32(30)22-13-5-2-6-14-22/h1-35H;1-28H;1-20H. The number of aromatic nitrogens is 7. The van der Waals surface area contributed by atoms with Crippen LogP contribution < -0.4 is 0 Å². The Hall–Kier alpha value is -17.8. The number of rotatable bonds is 11. The lowest BCUT2D eigenvalue weighted by molar-refractivity contribution is 1.17. The Morgan fingerprint density at radius 1 is 0.105 bits per heavy atom. The average molecular weight is 1700 g/mol. The summed E-state index contributed by atoms with van der Waals surface area (Å²) < 4.78 is 16.9. The molecule has 0 saturated carbocycles. The first-order valence-corrected chi connectivity index (χ1v) is 45.7. The van der Waals surface area contributed by atoms with Crippen molar-refractivity contribution in [3.8, 4) is 84.3 Å². The van der Waals surface area contributed by atoms with E-state index in [-0.39, 0.29) is 0 Å². The topological polar surface area (TPSA) is 34.5 Å². The summed E-state index contributed by atoms with van der Waals surface area (Å²) in [5.74, 6) is 0. The number of fused-ring (bicyclic) bond motifs is 22. The molecule has 0 unspecified atom stereocenters. The van der Waals surface area contributed by atoms with Gasteiger partial charge in [0.15, 0.2) is 0 Å². The molecule has 7 heterocycles. The molecule has 28 aromatic rings. The third kappa shape index (κ3) is 12.6. The van der Waals surface area contributed by atoms with Gasteiger partial charge in [-0.3, -0.25) is 0 Å². The van der Waals surface area contributed by atoms with Gasteiger partial charge in [-0.2, -0.15) is 0 Å². The van der Waals surface area contributed by atoms with Crippen molar-refractivity contribution in [3.05, 3.63) is 504 Å². The Kier molecular flexibility index (Phi) is 18.2. The van der Waals surface area contributed by atoms with E-state index in [2.05, 4.69) is 535 Å². The van der Waals surface area contributed by atoms with Gasteiger partial charge in [0.05, 0.1) is 77.2 Å². The van der Waals surface area contributed by atoms with E-state index in [1.807, 2.05) is 0 Å². The van der Waals surface area contributed by atoms with Crippen molar-refractivity contribution in [3.63, 3.8) is 0 Å². The van der Waals surface area contributed by atoms with E-state index < -0.39 is 0 Å². The summed E-state index contributed by atoms with van der Waals surface area (Å²) in [4.78, 5) is 0. The molecule has 21 aromatic carbocycles. The Labute approximate surface area is 767 Å². The van der Waals surface area contributed by atoms with E-state index in [1.54, 1.807) is 0 Å². The van der Waals surface area contributed by atoms with Gasteiger partial charge < -0.3 is 32.0 Å². The summed E-state index contributed by atoms with van der Waals surface area (Å²) in [5.41, 5.74) is 34.9. The molecule has 0 aliphatic carbocycles. The molecule has 7 heteroatoms. The number of para-hydroxylation sites is 11. The molecule has 622 valence electrons. The maximum atomic E-state index is 2.48. The molecule has 28 rings (SSSR count). The largest absolute Gasteiger partial charge is 0.309 e. The number of benzene rings is 21. The van der Waals surface area contributed by atoms with Crippen LogP contribution in [0, 0.1) is 0 Å². The maximum Gasteiger partial charge on any atom is 0.0641 e. The molecule has 0 spiro atoms. The Morgan fingerprint density at radius 2 is 0.353 bits per heavy atom. The Bertz CT molecular complexity index is 9190. The second kappa shape index (κ2) is 31.6. The summed E-state index contributed by atoms with van der Waals surface area (Å²) in [7, 11) is 0. The lowest BCUT2D eigenvalue weighted by Crippen LogP contribution is -1.96. The second-order valence-electron chi connectivity index (χ2n) is 34.6. The average Bonchev–Trinajstić information content (AvgIpc) is 1.56. The van der Waals surface area contributed by atoms with Crippen LogP contribution in [0.1, 0.15) is 0 Å². The molecule has 7 aromatic heterocycles. The van der Waals surface area contributed by atoms with E-state index in [0.717, 1.165) is 17.1 Å². The van der Waals surface area contributed by atoms with Crippen LogP contribution in [0.15, 0.2) is 504 Å². The zero-order chi connectivity index (χ0) is 87.6. The molecule has 133 heavy (non-hydrogen) atoms. The fraction of sp³-hybridized carbons (Fsp3) is 0. The molecule has 7 nitrogen and oxygen atoms in total. The minimum atomic E-state index is 1.14. The smallest absolute Gasteiger partial charge is 0.0641 e. The first-order valence-electron chi connectivity index (χ1n) is 45.7. The Morgan fingerprint density at radius 3 is 0.729 bits per heavy atom. The highest BCUT2D eigenvalue weighted by Crippen LogP contribution is 2.48. The van der Waals surface area contributed by atoms with Gasteiger partial charge in [-0.25, -0.2) is 0 Å². The lowest BCUT2D eigenvalue weighted by Gasteiger charge is -2.14. The molecular formula is C126H83N7. The van der Waals surface area contributed by atoms with Crippen LogP contribution in [0.2, 0.25) is 0 Å². The van der Waals surface area contributed by atoms with Crippen LogP contribution in [0.25, 0.3) is 237 Å². The van der Waals surface area contributed by atoms with E-state index in [9.17, 15) is 0 Å². The molecule has 0 aliphatic rings. The van der Waals surface area contributed by atoms with Gasteiger partial charge in [0.1, 0.15) is 0 Å². The van der Waals surface area contributed by atoms with E-state index in [4.69, 9.17) is 0 Å². The van der Waals surface area contributed by atoms with E-state index >= 15 is 0 Å². The third-order valence-electron chi connectivity index (χ3n) is 27.2. The SMILES string of the molecule is c1ccc(-c2cc(-c3ccccc3)cc(-n3c4ccccc4c4cc5c(cc43)c3ccccc3n5-c3ccccc3)c2)cc1.c1ccc(-c2ccc(-n3c4ccccc4c4c3ccc3c5ccccc5n(-c5ccc(-c6cccc7c6c6ccccc6n7-c6ccccc6)cc5)c34)cc2)cc1.c1ccc(-n2c3ccccc3c3cc4c(cc32)c2ccccc2n4-c2ccccc2)cc1. The summed E-state index contributed by atoms with van der Waals surface area (Å²) >= 11 is 0. The second-order valence-corrected chi connectivity index (χ2v) is 34.6. The van der Waals surface area contributed by atoms with Gasteiger partial charge >= 0.3 is 0 Å². The third-order valence-corrected chi connectivity index (χ3v) is 27.2. The summed E-state index contributed by atoms with van der Waals surface area (Å²) in [6, 6.07) is 182. The van der Waals surface area contributed by atoms with E-state index in [0.29, 0.717) is 0 Å². The molecule has 0 amide bonds. The highest BCUT2D eigenvalue weighted by atomic mass is 15.0. The highest BCUT2D eigenvalue weighted by molar-refractivity contribution is 6.27. The quantitative estimate of drug-likeness (QED) is 0.124. The van der Waals surface area contributed by atoms with Crippen molar-refractivity contribution in [2.75, 3.05) is 0 Å². The molecule has 0 atom stereocenters. The van der Waals surface area contributed by atoms with Gasteiger partial charge in [-0.15, -0.1) is 0 Å². The normalized spacial score (nSPS) is 11.8. The predicted octanol–water partition coefficient (Wildman–Crippen LogP) is 33.4. The fourth-order valence-electron chi connectivity index (χ4n) is 21.4. The highest BCUT2D eigenvalue weighted by Gasteiger charge is 2.26. The molecule has 0 N–H and O–H groups in total. The van der Waals surface area contributed by atoms with Crippen molar-refractivity contribution in [1.82, 2.24) is 32.0 Å². The van der Waals surface area contributed by atoms with Crippen LogP contribution >= 0.6 is 0 Å². The minimum absolute atomic E-state index is 1.14. The molecular weight excluding hydrogens is 1610 g/mol. The van der Waals surface area contributed by atoms with Gasteiger partial charge in [-0.1, -0.05) is 334 Å².